The molecule has 0 radical (unpaired) electrons. The number of hydrogen-bond acceptors (Lipinski definition) is 4. The molecule has 0 saturated heterocycles. The van der Waals surface area contributed by atoms with Gasteiger partial charge in [0, 0.05) is 17.3 Å². The number of aliphatic hydroxyl groups is 1. The largest absolute Gasteiger partial charge is 0.507 e. The van der Waals surface area contributed by atoms with Gasteiger partial charge in [-0.1, -0.05) is 35.9 Å². The Labute approximate surface area is 142 Å². The van der Waals surface area contributed by atoms with E-state index in [-0.39, 0.29) is 11.1 Å². The molecule has 7 heteroatoms. The van der Waals surface area contributed by atoms with E-state index in [1.807, 2.05) is 0 Å². The zero-order chi connectivity index (χ0) is 17.7. The lowest BCUT2D eigenvalue weighted by atomic mass is 10.1. The van der Waals surface area contributed by atoms with Crippen molar-refractivity contribution in [2.45, 2.75) is 0 Å². The average molecular weight is 346 g/mol. The molecule has 3 N–H and O–H groups in total. The molecule has 0 heterocycles. The highest BCUT2D eigenvalue weighted by atomic mass is 35.5. The van der Waals surface area contributed by atoms with Crippen molar-refractivity contribution >= 4 is 40.7 Å². The molecule has 0 aromatic heterocycles. The Balaban J connectivity index is 2.22. The minimum Gasteiger partial charge on any atom is -0.507 e. The molecule has 0 aliphatic rings. The average Bonchev–Trinajstić information content (AvgIpc) is 2.55. The number of amides is 1. The first-order chi connectivity index (χ1) is 11.4. The fraction of sp³-hybridized carbons (Fsp3) is 0. The highest BCUT2D eigenvalue weighted by Crippen LogP contribution is 2.20. The van der Waals surface area contributed by atoms with Crippen molar-refractivity contribution in [2.24, 2.45) is 0 Å². The molecule has 2 aromatic carbocycles. The Morgan fingerprint density at radius 2 is 1.71 bits per heavy atom. The number of anilines is 1. The fourth-order valence-corrected chi connectivity index (χ4v) is 2.09. The molecule has 0 unspecified atom stereocenters. The summed E-state index contributed by atoms with van der Waals surface area (Å²) in [6.45, 7) is 0. The van der Waals surface area contributed by atoms with Gasteiger partial charge in [-0.15, -0.1) is 0 Å². The quantitative estimate of drug-likeness (QED) is 0.439. The van der Waals surface area contributed by atoms with Gasteiger partial charge in [0.2, 0.25) is 0 Å². The van der Waals surface area contributed by atoms with Crippen LogP contribution in [0.3, 0.4) is 0 Å². The van der Waals surface area contributed by atoms with Gasteiger partial charge >= 0.3 is 5.97 Å². The van der Waals surface area contributed by atoms with Gasteiger partial charge in [0.05, 0.1) is 10.6 Å². The monoisotopic (exact) mass is 345 g/mol. The van der Waals surface area contributed by atoms with Gasteiger partial charge in [-0.2, -0.15) is 0 Å². The Morgan fingerprint density at radius 1 is 1.00 bits per heavy atom. The zero-order valence-corrected chi connectivity index (χ0v) is 12.9. The summed E-state index contributed by atoms with van der Waals surface area (Å²) in [4.78, 5) is 33.8. The van der Waals surface area contributed by atoms with Gasteiger partial charge in [-0.25, -0.2) is 4.79 Å². The lowest BCUT2D eigenvalue weighted by Gasteiger charge is -2.08. The van der Waals surface area contributed by atoms with Crippen LogP contribution >= 0.6 is 11.6 Å². The molecule has 0 bridgehead atoms. The van der Waals surface area contributed by atoms with Crippen molar-refractivity contribution < 1.29 is 24.6 Å². The summed E-state index contributed by atoms with van der Waals surface area (Å²) in [6, 6.07) is 12.5. The Hall–Kier alpha value is -3.12. The standard InChI is InChI=1S/C17H12ClNO5/c18-13-7-2-1-6-12(13)16(22)19-11-5-3-4-10(8-11)14(20)9-15(21)17(23)24/h1-9,20H,(H,19,22)(H,23,24). The molecule has 0 fully saturated rings. The number of aliphatic carboxylic acids is 1. The number of carbonyl (C=O) groups excluding carboxylic acids is 2. The molecule has 1 amide bonds. The maximum absolute atomic E-state index is 12.2. The number of carboxylic acids is 1. The maximum Gasteiger partial charge on any atom is 0.376 e. The second-order valence-corrected chi connectivity index (χ2v) is 5.12. The zero-order valence-electron chi connectivity index (χ0n) is 12.2. The van der Waals surface area contributed by atoms with Crippen LogP contribution in [0.2, 0.25) is 5.02 Å². The smallest absolute Gasteiger partial charge is 0.376 e. The number of carboxylic acid groups (broad SMARTS) is 1. The molecule has 6 nitrogen and oxygen atoms in total. The first kappa shape index (κ1) is 17.2. The number of rotatable bonds is 5. The molecular weight excluding hydrogens is 334 g/mol. The summed E-state index contributed by atoms with van der Waals surface area (Å²) < 4.78 is 0. The second-order valence-electron chi connectivity index (χ2n) is 4.71. The van der Waals surface area contributed by atoms with E-state index in [2.05, 4.69) is 5.32 Å². The number of aliphatic hydroxyl groups excluding tert-OH is 1. The van der Waals surface area contributed by atoms with Crippen LogP contribution in [0, 0.1) is 0 Å². The number of nitrogens with one attached hydrogen (secondary N) is 1. The van der Waals surface area contributed by atoms with Crippen LogP contribution in [0.15, 0.2) is 54.6 Å². The van der Waals surface area contributed by atoms with Crippen molar-refractivity contribution in [1.29, 1.82) is 0 Å². The van der Waals surface area contributed by atoms with Crippen LogP contribution in [-0.2, 0) is 9.59 Å². The minimum absolute atomic E-state index is 0.182. The lowest BCUT2D eigenvalue weighted by molar-refractivity contribution is -0.146. The van der Waals surface area contributed by atoms with Gasteiger partial charge in [0.15, 0.2) is 0 Å². The topological polar surface area (TPSA) is 104 Å². The van der Waals surface area contributed by atoms with Crippen LogP contribution in [0.1, 0.15) is 15.9 Å². The van der Waals surface area contributed by atoms with Crippen LogP contribution in [0.4, 0.5) is 5.69 Å². The summed E-state index contributed by atoms with van der Waals surface area (Å²) in [6.07, 6.45) is 0.595. The molecule has 2 rings (SSSR count). The third kappa shape index (κ3) is 4.21. The highest BCUT2D eigenvalue weighted by molar-refractivity contribution is 6.38. The Kier molecular flexibility index (Phi) is 5.34. The van der Waals surface area contributed by atoms with Gasteiger partial charge in [0.1, 0.15) is 5.76 Å². The summed E-state index contributed by atoms with van der Waals surface area (Å²) in [5.41, 5.74) is 0.812. The predicted octanol–water partition coefficient (Wildman–Crippen LogP) is 3.14. The van der Waals surface area contributed by atoms with Crippen molar-refractivity contribution in [3.63, 3.8) is 0 Å². The maximum atomic E-state index is 12.2. The van der Waals surface area contributed by atoms with E-state index >= 15 is 0 Å². The van der Waals surface area contributed by atoms with Crippen molar-refractivity contribution in [3.8, 4) is 0 Å². The molecular formula is C17H12ClNO5. The number of ketones is 1. The molecule has 122 valence electrons. The van der Waals surface area contributed by atoms with E-state index in [1.165, 1.54) is 18.2 Å². The van der Waals surface area contributed by atoms with E-state index in [1.54, 1.807) is 30.3 Å². The van der Waals surface area contributed by atoms with Gasteiger partial charge in [-0.05, 0) is 24.3 Å². The molecule has 0 aliphatic carbocycles. The van der Waals surface area contributed by atoms with E-state index in [9.17, 15) is 19.5 Å². The number of benzene rings is 2. The van der Waals surface area contributed by atoms with E-state index in [0.717, 1.165) is 0 Å². The molecule has 2 aromatic rings. The van der Waals surface area contributed by atoms with E-state index < -0.39 is 23.4 Å². The van der Waals surface area contributed by atoms with Crippen LogP contribution in [0.5, 0.6) is 0 Å². The SMILES string of the molecule is O=C(O)C(=O)C=C(O)c1cccc(NC(=O)c2ccccc2Cl)c1. The Morgan fingerprint density at radius 3 is 2.38 bits per heavy atom. The first-order valence-corrected chi connectivity index (χ1v) is 7.10. The van der Waals surface area contributed by atoms with Gasteiger partial charge in [-0.3, -0.25) is 9.59 Å². The van der Waals surface area contributed by atoms with E-state index in [0.29, 0.717) is 16.8 Å². The predicted molar refractivity (Wildman–Crippen MR) is 89.1 cm³/mol. The van der Waals surface area contributed by atoms with Crippen LogP contribution < -0.4 is 5.32 Å². The van der Waals surface area contributed by atoms with Crippen molar-refractivity contribution in [2.75, 3.05) is 5.32 Å². The number of carbonyl (C=O) groups is 3. The molecule has 0 atom stereocenters. The molecule has 24 heavy (non-hydrogen) atoms. The first-order valence-electron chi connectivity index (χ1n) is 6.72. The third-order valence-corrected chi connectivity index (χ3v) is 3.34. The van der Waals surface area contributed by atoms with Crippen molar-refractivity contribution in [1.82, 2.24) is 0 Å². The lowest BCUT2D eigenvalue weighted by Crippen LogP contribution is -2.12. The summed E-state index contributed by atoms with van der Waals surface area (Å²) in [5, 5.41) is 21.2. The van der Waals surface area contributed by atoms with Crippen LogP contribution in [-0.4, -0.2) is 27.9 Å². The number of hydrogen-bond donors (Lipinski definition) is 3. The normalized spacial score (nSPS) is 11.0. The van der Waals surface area contributed by atoms with Gasteiger partial charge in [0.25, 0.3) is 11.7 Å². The highest BCUT2D eigenvalue weighted by Gasteiger charge is 2.12. The van der Waals surface area contributed by atoms with Crippen LogP contribution in [0.25, 0.3) is 5.76 Å². The number of halogens is 1. The fourth-order valence-electron chi connectivity index (χ4n) is 1.87. The van der Waals surface area contributed by atoms with Gasteiger partial charge < -0.3 is 15.5 Å². The summed E-state index contributed by atoms with van der Waals surface area (Å²) in [5.74, 6) is -3.89. The minimum atomic E-state index is -1.68. The summed E-state index contributed by atoms with van der Waals surface area (Å²) >= 11 is 5.95. The second kappa shape index (κ2) is 7.43. The third-order valence-electron chi connectivity index (χ3n) is 3.01. The molecule has 0 aliphatic heterocycles. The molecule has 0 saturated carbocycles. The Bertz CT molecular complexity index is 844. The molecule has 0 spiro atoms. The summed E-state index contributed by atoms with van der Waals surface area (Å²) in [7, 11) is 0. The van der Waals surface area contributed by atoms with E-state index in [4.69, 9.17) is 16.7 Å². The van der Waals surface area contributed by atoms with Crippen molar-refractivity contribution in [3.05, 3.63) is 70.8 Å².